The summed E-state index contributed by atoms with van der Waals surface area (Å²) in [5.74, 6) is 0. The molecule has 0 fully saturated rings. The van der Waals surface area contributed by atoms with Crippen molar-refractivity contribution in [1.82, 2.24) is 0 Å². The van der Waals surface area contributed by atoms with Crippen LogP contribution in [0.3, 0.4) is 0 Å². The van der Waals surface area contributed by atoms with E-state index in [1.165, 1.54) is 226 Å². The SMILES string of the molecule is c1cc(-c2ccc3c(c2)oc2c4ccccc4ccc32)cc(-c2c3ccccc3c(-c3cccc4ccccc34)c3ccccc23)c1.c1ccc(-c2c3ccccc3c(-c3ccc4sc5c6ccccc6ccc5c4c3)c3ccccc23)cc1.c1ccc(-c2c3ccccc3c(-c3cccc(-c4ccc5sc6c7ccccc7ccc6c5c4)c3)c3ccccc23)cc1. The Kier molecular flexibility index (Phi) is 17.8. The van der Waals surface area contributed by atoms with E-state index in [0.717, 1.165) is 32.9 Å². The highest BCUT2D eigenvalue weighted by molar-refractivity contribution is 7.27. The van der Waals surface area contributed by atoms with E-state index in [1.807, 2.05) is 22.7 Å². The molecule has 27 aromatic rings. The average Bonchev–Trinajstić information content (AvgIpc) is 1.70. The van der Waals surface area contributed by atoms with Crippen molar-refractivity contribution in [3.8, 4) is 89.0 Å². The van der Waals surface area contributed by atoms with E-state index in [1.54, 1.807) is 0 Å². The molecular weight excluding hydrogens is 1570 g/mol. The first kappa shape index (κ1) is 73.8. The van der Waals surface area contributed by atoms with E-state index in [-0.39, 0.29) is 0 Å². The summed E-state index contributed by atoms with van der Waals surface area (Å²) < 4.78 is 12.0. The molecule has 0 saturated heterocycles. The third kappa shape index (κ3) is 12.4. The summed E-state index contributed by atoms with van der Waals surface area (Å²) in [4.78, 5) is 0. The first-order valence-electron chi connectivity index (χ1n) is 43.7. The van der Waals surface area contributed by atoms with Gasteiger partial charge in [-0.2, -0.15) is 0 Å². The maximum atomic E-state index is 6.54. The zero-order valence-electron chi connectivity index (χ0n) is 69.1. The molecule has 0 radical (unpaired) electrons. The molecule has 0 N–H and O–H groups in total. The van der Waals surface area contributed by atoms with Crippen LogP contribution in [0.15, 0.2) is 465 Å². The lowest BCUT2D eigenvalue weighted by molar-refractivity contribution is 0.673. The highest BCUT2D eigenvalue weighted by Gasteiger charge is 2.24. The van der Waals surface area contributed by atoms with Gasteiger partial charge in [0.25, 0.3) is 0 Å². The fourth-order valence-corrected chi connectivity index (χ4v) is 23.1. The number of hydrogen-bond acceptors (Lipinski definition) is 3. The van der Waals surface area contributed by atoms with Gasteiger partial charge >= 0.3 is 0 Å². The summed E-state index contributed by atoms with van der Waals surface area (Å²) in [5.41, 5.74) is 21.9. The van der Waals surface area contributed by atoms with Crippen LogP contribution in [-0.2, 0) is 0 Å². The third-order valence-electron chi connectivity index (χ3n) is 26.3. The molecule has 0 aliphatic carbocycles. The molecule has 3 heterocycles. The van der Waals surface area contributed by atoms with E-state index < -0.39 is 0 Å². The summed E-state index contributed by atoms with van der Waals surface area (Å²) in [6.07, 6.45) is 0. The lowest BCUT2D eigenvalue weighted by atomic mass is 9.84. The fraction of sp³-hybridized carbons (Fsp3) is 0. The van der Waals surface area contributed by atoms with E-state index in [0.29, 0.717) is 0 Å². The standard InChI is InChI=1S/C46H28O.C42H26S.C36H22S/c1-3-16-34-29(11-1)13-10-22-37(34)45-40-20-7-5-18-38(40)44(39-19-6-8-21-41(39)45)33-15-9-14-31(27-33)32-24-25-36-42-26-23-30-12-2-4-17-35(30)46(42)47-43(36)28-32;1-2-12-28(13-3-1)40-33-17-6-8-19-35(33)41(36-20-9-7-18-34(36)40)31-15-10-14-29(25-31)30-22-24-39-38(26-30)37-23-21-27-11-4-5-16-32(27)42(37)43-39;1-2-11-24(12-3-1)34-27-14-6-8-16-29(27)35(30-17-9-7-15-28(30)34)25-19-21-33-32(22-25)31-20-18-23-10-4-5-13-26(23)36(31)37-33/h1-28H;1-26H;1-22H. The van der Waals surface area contributed by atoms with Crippen LogP contribution in [0.5, 0.6) is 0 Å². The molecule has 3 heteroatoms. The summed E-state index contributed by atoms with van der Waals surface area (Å²) in [5, 5.41) is 33.1. The summed E-state index contributed by atoms with van der Waals surface area (Å²) in [6.45, 7) is 0. The van der Waals surface area contributed by atoms with E-state index >= 15 is 0 Å². The highest BCUT2D eigenvalue weighted by Crippen LogP contribution is 2.52. The monoisotopic (exact) mass is 1640 g/mol. The van der Waals surface area contributed by atoms with E-state index in [4.69, 9.17) is 4.42 Å². The Balaban J connectivity index is 0.000000104. The Morgan fingerprint density at radius 2 is 0.417 bits per heavy atom. The molecular formula is C124H76OS2. The lowest BCUT2D eigenvalue weighted by Gasteiger charge is -2.19. The van der Waals surface area contributed by atoms with Crippen LogP contribution in [0.4, 0.5) is 0 Å². The Morgan fingerprint density at radius 3 is 0.858 bits per heavy atom. The molecule has 0 saturated carbocycles. The first-order chi connectivity index (χ1) is 63.0. The van der Waals surface area contributed by atoms with Crippen LogP contribution in [0.1, 0.15) is 0 Å². The van der Waals surface area contributed by atoms with Gasteiger partial charge in [-0.25, -0.2) is 0 Å². The van der Waals surface area contributed by atoms with Crippen LogP contribution in [0.2, 0.25) is 0 Å². The third-order valence-corrected chi connectivity index (χ3v) is 28.8. The van der Waals surface area contributed by atoms with Gasteiger partial charge in [0.15, 0.2) is 0 Å². The van der Waals surface area contributed by atoms with Gasteiger partial charge < -0.3 is 4.42 Å². The number of rotatable bonds is 8. The van der Waals surface area contributed by atoms with Gasteiger partial charge in [0.1, 0.15) is 11.2 Å². The molecule has 27 rings (SSSR count). The van der Waals surface area contributed by atoms with Crippen molar-refractivity contribution in [3.63, 3.8) is 0 Å². The Labute approximate surface area is 741 Å². The predicted molar refractivity (Wildman–Crippen MR) is 551 cm³/mol. The molecule has 0 aliphatic heterocycles. The summed E-state index contributed by atoms with van der Waals surface area (Å²) in [7, 11) is 0. The van der Waals surface area contributed by atoms with Crippen LogP contribution < -0.4 is 0 Å². The van der Waals surface area contributed by atoms with Crippen LogP contribution in [-0.4, -0.2) is 0 Å². The molecule has 590 valence electrons. The van der Waals surface area contributed by atoms with Gasteiger partial charge in [-0.3, -0.25) is 0 Å². The normalized spacial score (nSPS) is 11.8. The molecule has 24 aromatic carbocycles. The van der Waals surface area contributed by atoms with Gasteiger partial charge in [-0.1, -0.05) is 406 Å². The molecule has 0 bridgehead atoms. The Morgan fingerprint density at radius 1 is 0.142 bits per heavy atom. The van der Waals surface area contributed by atoms with E-state index in [9.17, 15) is 0 Å². The quantitative estimate of drug-likeness (QED) is 0.138. The molecule has 0 unspecified atom stereocenters. The topological polar surface area (TPSA) is 13.1 Å². The van der Waals surface area contributed by atoms with Crippen LogP contribution in [0, 0.1) is 0 Å². The first-order valence-corrected chi connectivity index (χ1v) is 45.3. The number of fused-ring (bicyclic) bond motifs is 22. The zero-order valence-corrected chi connectivity index (χ0v) is 70.7. The second-order valence-corrected chi connectivity index (χ2v) is 35.5. The maximum absolute atomic E-state index is 6.54. The molecule has 0 amide bonds. The van der Waals surface area contributed by atoms with Crippen LogP contribution >= 0.6 is 22.7 Å². The van der Waals surface area contributed by atoms with Crippen molar-refractivity contribution in [3.05, 3.63) is 461 Å². The zero-order chi connectivity index (χ0) is 83.6. The minimum absolute atomic E-state index is 0.912. The second-order valence-electron chi connectivity index (χ2n) is 33.4. The fourth-order valence-electron chi connectivity index (χ4n) is 20.6. The van der Waals surface area contributed by atoms with Crippen molar-refractivity contribution < 1.29 is 4.42 Å². The molecule has 3 aromatic heterocycles. The van der Waals surface area contributed by atoms with Crippen molar-refractivity contribution >= 4 is 193 Å². The summed E-state index contributed by atoms with van der Waals surface area (Å²) in [6, 6.07) is 168. The van der Waals surface area contributed by atoms with Crippen molar-refractivity contribution in [1.29, 1.82) is 0 Å². The molecule has 0 aliphatic rings. The Hall–Kier alpha value is -15.9. The molecule has 0 spiro atoms. The minimum Gasteiger partial charge on any atom is -0.455 e. The van der Waals surface area contributed by atoms with Gasteiger partial charge in [0.2, 0.25) is 0 Å². The van der Waals surface area contributed by atoms with Gasteiger partial charge in [-0.15, -0.1) is 22.7 Å². The van der Waals surface area contributed by atoms with Crippen molar-refractivity contribution in [2.75, 3.05) is 0 Å². The van der Waals surface area contributed by atoms with Crippen LogP contribution in [0.25, 0.3) is 259 Å². The largest absolute Gasteiger partial charge is 0.455 e. The minimum atomic E-state index is 0.912. The van der Waals surface area contributed by atoms with Crippen molar-refractivity contribution in [2.45, 2.75) is 0 Å². The lowest BCUT2D eigenvalue weighted by Crippen LogP contribution is -1.92. The average molecular weight is 1650 g/mol. The van der Waals surface area contributed by atoms with Gasteiger partial charge in [-0.05, 0) is 246 Å². The molecule has 1 nitrogen and oxygen atoms in total. The van der Waals surface area contributed by atoms with Gasteiger partial charge in [0.05, 0.1) is 0 Å². The smallest absolute Gasteiger partial charge is 0.143 e. The van der Waals surface area contributed by atoms with Gasteiger partial charge in [0, 0.05) is 56.5 Å². The van der Waals surface area contributed by atoms with Crippen molar-refractivity contribution in [2.24, 2.45) is 0 Å². The number of benzene rings is 24. The Bertz CT molecular complexity index is 8990. The van der Waals surface area contributed by atoms with E-state index in [2.05, 4.69) is 461 Å². The predicted octanol–water partition coefficient (Wildman–Crippen LogP) is 36.6. The maximum Gasteiger partial charge on any atom is 0.143 e. The second kappa shape index (κ2) is 30.6. The number of furan rings is 1. The molecule has 127 heavy (non-hydrogen) atoms. The molecule has 0 atom stereocenters. The summed E-state index contributed by atoms with van der Waals surface area (Å²) >= 11 is 3.80. The number of hydrogen-bond donors (Lipinski definition) is 0. The number of thiophene rings is 2. The highest BCUT2D eigenvalue weighted by atomic mass is 32.1.